The molecule has 1 saturated heterocycles. The first-order valence-electron chi connectivity index (χ1n) is 6.88. The standard InChI is InChI=1S/C14H20ClN3O2/c1-10(16)11-5-7-17(8-6-11)9-12-13(15)3-2-4-14(12)18(19)20/h2-4,10-11H,5-9,16H2,1H3. The van der Waals surface area contributed by atoms with Crippen molar-refractivity contribution in [2.45, 2.75) is 32.4 Å². The Balaban J connectivity index is 2.06. The molecular weight excluding hydrogens is 278 g/mol. The number of nitrogens with two attached hydrogens (primary N) is 1. The highest BCUT2D eigenvalue weighted by molar-refractivity contribution is 6.31. The summed E-state index contributed by atoms with van der Waals surface area (Å²) in [6.07, 6.45) is 2.08. The average molecular weight is 298 g/mol. The van der Waals surface area contributed by atoms with Crippen molar-refractivity contribution in [1.82, 2.24) is 4.90 Å². The number of halogens is 1. The molecule has 0 amide bonds. The van der Waals surface area contributed by atoms with E-state index in [0.717, 1.165) is 25.9 Å². The summed E-state index contributed by atoms with van der Waals surface area (Å²) in [6.45, 7) is 4.39. The molecule has 0 saturated carbocycles. The Hall–Kier alpha value is -1.17. The number of hydrogen-bond acceptors (Lipinski definition) is 4. The van der Waals surface area contributed by atoms with Gasteiger partial charge in [-0.2, -0.15) is 0 Å². The Labute approximate surface area is 123 Å². The van der Waals surface area contributed by atoms with Crippen molar-refractivity contribution < 1.29 is 4.92 Å². The van der Waals surface area contributed by atoms with Crippen LogP contribution in [0, 0.1) is 16.0 Å². The summed E-state index contributed by atoms with van der Waals surface area (Å²) in [6, 6.07) is 5.05. The number of hydrogen-bond donors (Lipinski definition) is 1. The number of nitrogens with zero attached hydrogens (tertiary/aromatic N) is 2. The molecule has 0 bridgehead atoms. The van der Waals surface area contributed by atoms with Gasteiger partial charge in [-0.3, -0.25) is 15.0 Å². The van der Waals surface area contributed by atoms with E-state index in [1.165, 1.54) is 6.07 Å². The normalized spacial score (nSPS) is 18.9. The summed E-state index contributed by atoms with van der Waals surface area (Å²) in [5.41, 5.74) is 6.64. The van der Waals surface area contributed by atoms with E-state index in [9.17, 15) is 10.1 Å². The lowest BCUT2D eigenvalue weighted by atomic mass is 9.91. The Kier molecular flexibility index (Phi) is 4.96. The summed E-state index contributed by atoms with van der Waals surface area (Å²) >= 11 is 6.12. The molecule has 1 aromatic carbocycles. The third-order valence-electron chi connectivity index (χ3n) is 4.05. The summed E-state index contributed by atoms with van der Waals surface area (Å²) in [5.74, 6) is 0.549. The van der Waals surface area contributed by atoms with E-state index in [-0.39, 0.29) is 16.7 Å². The number of piperidine rings is 1. The van der Waals surface area contributed by atoms with Crippen LogP contribution in [0.1, 0.15) is 25.3 Å². The molecule has 5 nitrogen and oxygen atoms in total. The SMILES string of the molecule is CC(N)C1CCN(Cc2c(Cl)cccc2[N+](=O)[O-])CC1. The minimum absolute atomic E-state index is 0.104. The number of rotatable bonds is 4. The maximum absolute atomic E-state index is 11.1. The first-order chi connectivity index (χ1) is 9.49. The van der Waals surface area contributed by atoms with Crippen LogP contribution in [0.5, 0.6) is 0 Å². The van der Waals surface area contributed by atoms with Crippen molar-refractivity contribution in [1.29, 1.82) is 0 Å². The predicted octanol–water partition coefficient (Wildman–Crippen LogP) is 2.81. The molecule has 20 heavy (non-hydrogen) atoms. The van der Waals surface area contributed by atoms with Crippen LogP contribution in [0.15, 0.2) is 18.2 Å². The van der Waals surface area contributed by atoms with Gasteiger partial charge in [0.15, 0.2) is 0 Å². The molecule has 1 fully saturated rings. The molecule has 0 aromatic heterocycles. The Bertz CT molecular complexity index is 485. The Morgan fingerprint density at radius 3 is 2.70 bits per heavy atom. The second-order valence-corrected chi connectivity index (χ2v) is 5.87. The summed E-state index contributed by atoms with van der Waals surface area (Å²) < 4.78 is 0. The highest BCUT2D eigenvalue weighted by Crippen LogP contribution is 2.29. The lowest BCUT2D eigenvalue weighted by Crippen LogP contribution is -2.39. The van der Waals surface area contributed by atoms with Crippen LogP contribution in [-0.4, -0.2) is 29.0 Å². The van der Waals surface area contributed by atoms with Crippen molar-refractivity contribution in [3.63, 3.8) is 0 Å². The number of likely N-dealkylation sites (tertiary alicyclic amines) is 1. The van der Waals surface area contributed by atoms with Gasteiger partial charge in [-0.25, -0.2) is 0 Å². The molecule has 2 rings (SSSR count). The molecule has 1 heterocycles. The van der Waals surface area contributed by atoms with E-state index >= 15 is 0 Å². The van der Waals surface area contributed by atoms with E-state index < -0.39 is 0 Å². The number of nitro groups is 1. The first-order valence-corrected chi connectivity index (χ1v) is 7.26. The third kappa shape index (κ3) is 3.48. The van der Waals surface area contributed by atoms with E-state index in [4.69, 9.17) is 17.3 Å². The van der Waals surface area contributed by atoms with Gasteiger partial charge in [-0.05, 0) is 44.8 Å². The Morgan fingerprint density at radius 2 is 2.15 bits per heavy atom. The monoisotopic (exact) mass is 297 g/mol. The second kappa shape index (κ2) is 6.52. The summed E-state index contributed by atoms with van der Waals surface area (Å²) in [7, 11) is 0. The van der Waals surface area contributed by atoms with Gasteiger partial charge in [0.2, 0.25) is 0 Å². The molecule has 1 aromatic rings. The molecule has 1 aliphatic rings. The third-order valence-corrected chi connectivity index (χ3v) is 4.40. The van der Waals surface area contributed by atoms with E-state index in [1.807, 2.05) is 6.92 Å². The van der Waals surface area contributed by atoms with Crippen molar-refractivity contribution >= 4 is 17.3 Å². The van der Waals surface area contributed by atoms with Gasteiger partial charge in [-0.15, -0.1) is 0 Å². The van der Waals surface area contributed by atoms with Crippen LogP contribution in [-0.2, 0) is 6.54 Å². The quantitative estimate of drug-likeness (QED) is 0.685. The molecule has 0 radical (unpaired) electrons. The van der Waals surface area contributed by atoms with Crippen LogP contribution < -0.4 is 5.73 Å². The molecule has 0 spiro atoms. The summed E-state index contributed by atoms with van der Waals surface area (Å²) in [5, 5.41) is 11.5. The topological polar surface area (TPSA) is 72.4 Å². The highest BCUT2D eigenvalue weighted by Gasteiger charge is 2.25. The van der Waals surface area contributed by atoms with Gasteiger partial charge in [0.05, 0.1) is 15.5 Å². The fourth-order valence-corrected chi connectivity index (χ4v) is 2.96. The number of benzene rings is 1. The fourth-order valence-electron chi connectivity index (χ4n) is 2.74. The van der Waals surface area contributed by atoms with Gasteiger partial charge in [-0.1, -0.05) is 17.7 Å². The molecule has 1 aliphatic heterocycles. The maximum Gasteiger partial charge on any atom is 0.275 e. The molecule has 1 atom stereocenters. The zero-order valence-electron chi connectivity index (χ0n) is 11.6. The summed E-state index contributed by atoms with van der Waals surface area (Å²) in [4.78, 5) is 12.9. The van der Waals surface area contributed by atoms with Gasteiger partial charge in [0, 0.05) is 18.7 Å². The van der Waals surface area contributed by atoms with Gasteiger partial charge in [0.1, 0.15) is 0 Å². The molecule has 1 unspecified atom stereocenters. The average Bonchev–Trinajstić information content (AvgIpc) is 2.41. The Morgan fingerprint density at radius 1 is 1.50 bits per heavy atom. The zero-order chi connectivity index (χ0) is 14.7. The van der Waals surface area contributed by atoms with Crippen molar-refractivity contribution in [2.24, 2.45) is 11.7 Å². The minimum atomic E-state index is -0.365. The minimum Gasteiger partial charge on any atom is -0.328 e. The molecule has 0 aliphatic carbocycles. The molecule has 2 N–H and O–H groups in total. The number of nitro benzene ring substituents is 1. The van der Waals surface area contributed by atoms with E-state index in [2.05, 4.69) is 4.90 Å². The van der Waals surface area contributed by atoms with Gasteiger partial charge >= 0.3 is 0 Å². The van der Waals surface area contributed by atoms with Crippen LogP contribution in [0.25, 0.3) is 0 Å². The second-order valence-electron chi connectivity index (χ2n) is 5.47. The van der Waals surface area contributed by atoms with Crippen molar-refractivity contribution in [3.05, 3.63) is 38.9 Å². The largest absolute Gasteiger partial charge is 0.328 e. The van der Waals surface area contributed by atoms with Crippen LogP contribution in [0.4, 0.5) is 5.69 Å². The van der Waals surface area contributed by atoms with E-state index in [1.54, 1.807) is 12.1 Å². The molecule has 6 heteroatoms. The maximum atomic E-state index is 11.1. The highest BCUT2D eigenvalue weighted by atomic mass is 35.5. The van der Waals surface area contributed by atoms with E-state index in [0.29, 0.717) is 23.0 Å². The molecular formula is C14H20ClN3O2. The van der Waals surface area contributed by atoms with Crippen molar-refractivity contribution in [2.75, 3.05) is 13.1 Å². The van der Waals surface area contributed by atoms with Crippen LogP contribution in [0.3, 0.4) is 0 Å². The lowest BCUT2D eigenvalue weighted by Gasteiger charge is -2.33. The fraction of sp³-hybridized carbons (Fsp3) is 0.571. The first kappa shape index (κ1) is 15.2. The molecule has 110 valence electrons. The van der Waals surface area contributed by atoms with Crippen LogP contribution in [0.2, 0.25) is 5.02 Å². The van der Waals surface area contributed by atoms with Gasteiger partial charge < -0.3 is 5.73 Å². The zero-order valence-corrected chi connectivity index (χ0v) is 12.3. The van der Waals surface area contributed by atoms with Crippen molar-refractivity contribution in [3.8, 4) is 0 Å². The van der Waals surface area contributed by atoms with Gasteiger partial charge in [0.25, 0.3) is 5.69 Å². The van der Waals surface area contributed by atoms with Crippen LogP contribution >= 0.6 is 11.6 Å². The lowest BCUT2D eigenvalue weighted by molar-refractivity contribution is -0.385. The smallest absolute Gasteiger partial charge is 0.275 e. The predicted molar refractivity (Wildman–Crippen MR) is 79.8 cm³/mol.